The van der Waals surface area contributed by atoms with Gasteiger partial charge >= 0.3 is 5.97 Å². The minimum Gasteiger partial charge on any atom is -0.478 e. The second-order valence-corrected chi connectivity index (χ2v) is 4.07. The van der Waals surface area contributed by atoms with E-state index in [-0.39, 0.29) is 11.1 Å². The predicted octanol–water partition coefficient (Wildman–Crippen LogP) is 0.156. The topological polar surface area (TPSA) is 71.3 Å². The van der Waals surface area contributed by atoms with Crippen LogP contribution in [0.15, 0.2) is 23.1 Å². The molecule has 1 atom stereocenters. The molecule has 1 aliphatic heterocycles. The molecule has 5 nitrogen and oxygen atoms in total. The van der Waals surface area contributed by atoms with Crippen molar-refractivity contribution in [1.82, 2.24) is 9.88 Å². The van der Waals surface area contributed by atoms with E-state index >= 15 is 0 Å². The van der Waals surface area contributed by atoms with Crippen LogP contribution in [0.3, 0.4) is 0 Å². The van der Waals surface area contributed by atoms with E-state index in [0.717, 1.165) is 19.5 Å². The van der Waals surface area contributed by atoms with Crippen LogP contribution in [0.2, 0.25) is 0 Å². The summed E-state index contributed by atoms with van der Waals surface area (Å²) in [6.45, 7) is 2.45. The van der Waals surface area contributed by atoms with Gasteiger partial charge in [0.2, 0.25) is 0 Å². The second-order valence-electron chi connectivity index (χ2n) is 4.07. The molecule has 0 aliphatic carbocycles. The number of carboxylic acids is 1. The first-order valence-electron chi connectivity index (χ1n) is 5.31. The first kappa shape index (κ1) is 10.9. The van der Waals surface area contributed by atoms with E-state index in [1.54, 1.807) is 0 Å². The average Bonchev–Trinajstić information content (AvgIpc) is 2.73. The highest BCUT2D eigenvalue weighted by Gasteiger charge is 2.16. The van der Waals surface area contributed by atoms with Crippen molar-refractivity contribution in [1.29, 1.82) is 0 Å². The Morgan fingerprint density at radius 2 is 2.38 bits per heavy atom. The van der Waals surface area contributed by atoms with Gasteiger partial charge in [0.05, 0.1) is 5.56 Å². The molecule has 0 saturated carbocycles. The van der Waals surface area contributed by atoms with Gasteiger partial charge in [-0.25, -0.2) is 4.79 Å². The molecule has 2 rings (SSSR count). The van der Waals surface area contributed by atoms with Gasteiger partial charge < -0.3 is 15.0 Å². The summed E-state index contributed by atoms with van der Waals surface area (Å²) in [5, 5.41) is 12.1. The van der Waals surface area contributed by atoms with Gasteiger partial charge in [0.25, 0.3) is 5.56 Å². The number of hydrogen-bond donors (Lipinski definition) is 2. The first-order chi connectivity index (χ1) is 7.66. The number of rotatable bonds is 3. The van der Waals surface area contributed by atoms with Crippen LogP contribution in [0.25, 0.3) is 0 Å². The van der Waals surface area contributed by atoms with Crippen molar-refractivity contribution in [3.05, 3.63) is 34.2 Å². The fraction of sp³-hybridized carbons (Fsp3) is 0.455. The zero-order chi connectivity index (χ0) is 11.5. The van der Waals surface area contributed by atoms with Crippen LogP contribution < -0.4 is 10.9 Å². The van der Waals surface area contributed by atoms with Crippen LogP contribution in [0.1, 0.15) is 16.8 Å². The van der Waals surface area contributed by atoms with Crippen molar-refractivity contribution in [3.63, 3.8) is 0 Å². The van der Waals surface area contributed by atoms with E-state index in [1.807, 2.05) is 0 Å². The number of carbonyl (C=O) groups is 1. The Balaban J connectivity index is 2.21. The summed E-state index contributed by atoms with van der Waals surface area (Å²) >= 11 is 0. The number of aromatic nitrogens is 1. The molecule has 2 heterocycles. The summed E-state index contributed by atoms with van der Waals surface area (Å²) in [4.78, 5) is 22.3. The van der Waals surface area contributed by atoms with Crippen molar-refractivity contribution in [3.8, 4) is 0 Å². The molecule has 0 radical (unpaired) electrons. The smallest absolute Gasteiger partial charge is 0.337 e. The molecule has 1 unspecified atom stereocenters. The van der Waals surface area contributed by atoms with Gasteiger partial charge in [-0.05, 0) is 31.5 Å². The van der Waals surface area contributed by atoms with Crippen LogP contribution in [0.5, 0.6) is 0 Å². The van der Waals surface area contributed by atoms with Crippen molar-refractivity contribution in [2.24, 2.45) is 5.92 Å². The lowest BCUT2D eigenvalue weighted by Crippen LogP contribution is -2.25. The third kappa shape index (κ3) is 2.30. The van der Waals surface area contributed by atoms with E-state index in [0.29, 0.717) is 12.5 Å². The lowest BCUT2D eigenvalue weighted by molar-refractivity contribution is 0.0695. The van der Waals surface area contributed by atoms with Gasteiger partial charge in [0.15, 0.2) is 0 Å². The third-order valence-electron chi connectivity index (χ3n) is 2.85. The number of carboxylic acid groups (broad SMARTS) is 1. The Hall–Kier alpha value is -1.62. The summed E-state index contributed by atoms with van der Waals surface area (Å²) in [5.74, 6) is -0.583. The van der Waals surface area contributed by atoms with E-state index in [2.05, 4.69) is 5.32 Å². The Labute approximate surface area is 92.7 Å². The van der Waals surface area contributed by atoms with Gasteiger partial charge in [-0.2, -0.15) is 0 Å². The number of nitrogens with one attached hydrogen (secondary N) is 1. The summed E-state index contributed by atoms with van der Waals surface area (Å²) in [6.07, 6.45) is 2.45. The molecule has 5 heteroatoms. The Kier molecular flexibility index (Phi) is 3.05. The summed E-state index contributed by atoms with van der Waals surface area (Å²) in [7, 11) is 0. The van der Waals surface area contributed by atoms with Crippen LogP contribution in [0, 0.1) is 5.92 Å². The number of nitrogens with zero attached hydrogens (tertiary/aromatic N) is 1. The highest BCUT2D eigenvalue weighted by atomic mass is 16.4. The van der Waals surface area contributed by atoms with Crippen molar-refractivity contribution < 1.29 is 9.90 Å². The van der Waals surface area contributed by atoms with Gasteiger partial charge in [-0.3, -0.25) is 4.79 Å². The normalized spacial score (nSPS) is 19.9. The van der Waals surface area contributed by atoms with Gasteiger partial charge in [0.1, 0.15) is 0 Å². The van der Waals surface area contributed by atoms with Crippen LogP contribution in [0.4, 0.5) is 0 Å². The Morgan fingerprint density at radius 3 is 3.00 bits per heavy atom. The van der Waals surface area contributed by atoms with E-state index in [9.17, 15) is 9.59 Å². The Morgan fingerprint density at radius 1 is 1.56 bits per heavy atom. The lowest BCUT2D eigenvalue weighted by atomic mass is 10.1. The third-order valence-corrected chi connectivity index (χ3v) is 2.85. The number of aromatic carboxylic acids is 1. The molecular weight excluding hydrogens is 208 g/mol. The molecule has 1 fully saturated rings. The SMILES string of the molecule is O=C(O)c1ccc(=O)n(CC2CCNC2)c1. The molecule has 1 aromatic rings. The van der Waals surface area contributed by atoms with Crippen LogP contribution in [-0.4, -0.2) is 28.7 Å². The maximum Gasteiger partial charge on any atom is 0.337 e. The molecule has 0 amide bonds. The monoisotopic (exact) mass is 222 g/mol. The maximum absolute atomic E-state index is 11.5. The largest absolute Gasteiger partial charge is 0.478 e. The summed E-state index contributed by atoms with van der Waals surface area (Å²) in [5.41, 5.74) is 0.0162. The molecule has 1 aromatic heterocycles. The minimum absolute atomic E-state index is 0.142. The highest BCUT2D eigenvalue weighted by Crippen LogP contribution is 2.09. The molecular formula is C11H14N2O3. The quantitative estimate of drug-likeness (QED) is 0.764. The molecule has 0 spiro atoms. The fourth-order valence-corrected chi connectivity index (χ4v) is 1.95. The summed E-state index contributed by atoms with van der Waals surface area (Å²) in [6, 6.07) is 2.65. The van der Waals surface area contributed by atoms with Gasteiger partial charge in [0, 0.05) is 18.8 Å². The molecule has 1 aliphatic rings. The van der Waals surface area contributed by atoms with Crippen molar-refractivity contribution in [2.75, 3.05) is 13.1 Å². The summed E-state index contributed by atoms with van der Waals surface area (Å²) < 4.78 is 1.49. The maximum atomic E-state index is 11.5. The molecule has 0 bridgehead atoms. The lowest BCUT2D eigenvalue weighted by Gasteiger charge is -2.11. The average molecular weight is 222 g/mol. The fourth-order valence-electron chi connectivity index (χ4n) is 1.95. The van der Waals surface area contributed by atoms with Crippen molar-refractivity contribution in [2.45, 2.75) is 13.0 Å². The number of pyridine rings is 1. The van der Waals surface area contributed by atoms with Gasteiger partial charge in [-0.1, -0.05) is 0 Å². The molecule has 0 aromatic carbocycles. The predicted molar refractivity (Wildman–Crippen MR) is 58.6 cm³/mol. The highest BCUT2D eigenvalue weighted by molar-refractivity contribution is 5.87. The van der Waals surface area contributed by atoms with Crippen molar-refractivity contribution >= 4 is 5.97 Å². The van der Waals surface area contributed by atoms with Crippen LogP contribution >= 0.6 is 0 Å². The molecule has 2 N–H and O–H groups in total. The molecule has 1 saturated heterocycles. The minimum atomic E-state index is -1.00. The zero-order valence-corrected chi connectivity index (χ0v) is 8.85. The molecule has 86 valence electrons. The van der Waals surface area contributed by atoms with Gasteiger partial charge in [-0.15, -0.1) is 0 Å². The number of hydrogen-bond acceptors (Lipinski definition) is 3. The standard InChI is InChI=1S/C11H14N2O3/c14-10-2-1-9(11(15)16)7-13(10)6-8-3-4-12-5-8/h1-2,7-8,12H,3-6H2,(H,15,16). The van der Waals surface area contributed by atoms with E-state index in [1.165, 1.54) is 22.9 Å². The van der Waals surface area contributed by atoms with E-state index < -0.39 is 5.97 Å². The van der Waals surface area contributed by atoms with E-state index in [4.69, 9.17) is 5.11 Å². The van der Waals surface area contributed by atoms with Crippen LogP contribution in [-0.2, 0) is 6.54 Å². The molecule has 16 heavy (non-hydrogen) atoms. The second kappa shape index (κ2) is 4.49. The Bertz CT molecular complexity index is 447. The first-order valence-corrected chi connectivity index (χ1v) is 5.31. The zero-order valence-electron chi connectivity index (χ0n) is 8.85.